The zero-order valence-electron chi connectivity index (χ0n) is 24.7. The number of hydrogen-bond acceptors (Lipinski definition) is 1. The summed E-state index contributed by atoms with van der Waals surface area (Å²) in [5, 5.41) is 7.54. The normalized spacial score (nSPS) is 12.1. The highest BCUT2D eigenvalue weighted by molar-refractivity contribution is 6.22. The number of fused-ring (bicyclic) bond motifs is 4. The minimum atomic E-state index is -0.115. The number of imidazole rings is 1. The molecule has 2 heteroatoms. The van der Waals surface area contributed by atoms with E-state index >= 15 is 0 Å². The molecule has 1 heterocycles. The molecule has 0 aliphatic heterocycles. The van der Waals surface area contributed by atoms with Gasteiger partial charge >= 0.3 is 0 Å². The van der Waals surface area contributed by atoms with Crippen LogP contribution in [0.15, 0.2) is 140 Å². The molecule has 0 saturated heterocycles. The number of benzene rings is 7. The standard InChI is InChI=1S/C41H32N2/c1-41(2,3)40-42-36-26-30(23-24-37(36)43(40)31-15-5-4-6-16-31)39-34-19-11-9-17-32(34)38(33-18-10-12-20-35(33)39)29-22-21-27-13-7-8-14-28(27)25-29/h4-26H,1-3H3. The van der Waals surface area contributed by atoms with E-state index in [1.54, 1.807) is 0 Å². The van der Waals surface area contributed by atoms with Gasteiger partial charge in [0.1, 0.15) is 5.82 Å². The quantitative estimate of drug-likeness (QED) is 0.199. The summed E-state index contributed by atoms with van der Waals surface area (Å²) in [6, 6.07) is 50.6. The fourth-order valence-electron chi connectivity index (χ4n) is 6.67. The molecule has 0 aliphatic carbocycles. The lowest BCUT2D eigenvalue weighted by molar-refractivity contribution is 0.539. The Hall–Kier alpha value is -5.21. The van der Waals surface area contributed by atoms with Crippen LogP contribution >= 0.6 is 0 Å². The molecule has 8 aromatic rings. The maximum atomic E-state index is 5.26. The van der Waals surface area contributed by atoms with E-state index in [0.29, 0.717) is 0 Å². The summed E-state index contributed by atoms with van der Waals surface area (Å²) in [6.45, 7) is 6.71. The summed E-state index contributed by atoms with van der Waals surface area (Å²) in [5.74, 6) is 1.06. The summed E-state index contributed by atoms with van der Waals surface area (Å²) in [5.41, 5.74) is 8.12. The van der Waals surface area contributed by atoms with Gasteiger partial charge in [-0.05, 0) is 84.9 Å². The molecule has 0 unspecified atom stereocenters. The number of hydrogen-bond donors (Lipinski definition) is 0. The second-order valence-corrected chi connectivity index (χ2v) is 12.5. The van der Waals surface area contributed by atoms with Crippen LogP contribution in [0.1, 0.15) is 26.6 Å². The molecular weight excluding hydrogens is 520 g/mol. The predicted molar refractivity (Wildman–Crippen MR) is 183 cm³/mol. The van der Waals surface area contributed by atoms with E-state index in [1.807, 2.05) is 0 Å². The molecule has 206 valence electrons. The highest BCUT2D eigenvalue weighted by atomic mass is 15.1. The van der Waals surface area contributed by atoms with E-state index in [0.717, 1.165) is 22.5 Å². The van der Waals surface area contributed by atoms with Crippen LogP contribution in [0.3, 0.4) is 0 Å². The van der Waals surface area contributed by atoms with Crippen LogP contribution in [-0.2, 0) is 5.41 Å². The number of rotatable bonds is 3. The maximum absolute atomic E-state index is 5.26. The van der Waals surface area contributed by atoms with Crippen molar-refractivity contribution in [3.05, 3.63) is 145 Å². The first kappa shape index (κ1) is 25.5. The van der Waals surface area contributed by atoms with Gasteiger partial charge in [-0.1, -0.05) is 130 Å². The Kier molecular flexibility index (Phi) is 5.74. The highest BCUT2D eigenvalue weighted by Crippen LogP contribution is 2.44. The molecule has 0 fully saturated rings. The largest absolute Gasteiger partial charge is 0.296 e. The van der Waals surface area contributed by atoms with Gasteiger partial charge < -0.3 is 0 Å². The lowest BCUT2D eigenvalue weighted by Gasteiger charge is -2.20. The maximum Gasteiger partial charge on any atom is 0.119 e. The van der Waals surface area contributed by atoms with E-state index < -0.39 is 0 Å². The van der Waals surface area contributed by atoms with Crippen LogP contribution in [0.4, 0.5) is 0 Å². The predicted octanol–water partition coefficient (Wildman–Crippen LogP) is 11.1. The molecule has 8 rings (SSSR count). The van der Waals surface area contributed by atoms with Gasteiger partial charge in [-0.25, -0.2) is 4.98 Å². The monoisotopic (exact) mass is 552 g/mol. The van der Waals surface area contributed by atoms with E-state index in [1.165, 1.54) is 54.6 Å². The summed E-state index contributed by atoms with van der Waals surface area (Å²) in [4.78, 5) is 5.26. The van der Waals surface area contributed by atoms with Crippen molar-refractivity contribution in [2.45, 2.75) is 26.2 Å². The van der Waals surface area contributed by atoms with Gasteiger partial charge in [0.25, 0.3) is 0 Å². The van der Waals surface area contributed by atoms with Crippen molar-refractivity contribution in [2.75, 3.05) is 0 Å². The number of nitrogens with zero attached hydrogens (tertiary/aromatic N) is 2. The van der Waals surface area contributed by atoms with Gasteiger partial charge in [-0.2, -0.15) is 0 Å². The molecule has 0 amide bonds. The summed E-state index contributed by atoms with van der Waals surface area (Å²) in [6.07, 6.45) is 0. The third-order valence-corrected chi connectivity index (χ3v) is 8.60. The molecule has 0 N–H and O–H groups in total. The fourth-order valence-corrected chi connectivity index (χ4v) is 6.67. The summed E-state index contributed by atoms with van der Waals surface area (Å²) < 4.78 is 2.32. The van der Waals surface area contributed by atoms with Gasteiger partial charge in [0.05, 0.1) is 11.0 Å². The second-order valence-electron chi connectivity index (χ2n) is 12.5. The molecule has 7 aromatic carbocycles. The molecule has 0 saturated carbocycles. The SMILES string of the molecule is CC(C)(C)c1nc2cc(-c3c4ccccc4c(-c4ccc5ccccc5c4)c4ccccc34)ccc2n1-c1ccccc1. The van der Waals surface area contributed by atoms with Crippen molar-refractivity contribution in [2.24, 2.45) is 0 Å². The lowest BCUT2D eigenvalue weighted by atomic mass is 9.85. The molecule has 0 atom stereocenters. The highest BCUT2D eigenvalue weighted by Gasteiger charge is 2.25. The molecular formula is C41H32N2. The van der Waals surface area contributed by atoms with Crippen LogP contribution in [0.2, 0.25) is 0 Å². The van der Waals surface area contributed by atoms with Crippen LogP contribution < -0.4 is 0 Å². The molecule has 2 nitrogen and oxygen atoms in total. The number of para-hydroxylation sites is 1. The molecule has 0 radical (unpaired) electrons. The topological polar surface area (TPSA) is 17.8 Å². The Labute approximate surface area is 251 Å². The fraction of sp³-hybridized carbons (Fsp3) is 0.0976. The van der Waals surface area contributed by atoms with Crippen molar-refractivity contribution >= 4 is 43.4 Å². The minimum Gasteiger partial charge on any atom is -0.296 e. The molecule has 0 bridgehead atoms. The smallest absolute Gasteiger partial charge is 0.119 e. The van der Waals surface area contributed by atoms with Gasteiger partial charge in [-0.3, -0.25) is 4.57 Å². The third kappa shape index (κ3) is 4.13. The zero-order chi connectivity index (χ0) is 29.1. The number of aromatic nitrogens is 2. The van der Waals surface area contributed by atoms with Crippen molar-refractivity contribution in [1.29, 1.82) is 0 Å². The van der Waals surface area contributed by atoms with Crippen molar-refractivity contribution in [1.82, 2.24) is 9.55 Å². The first-order valence-corrected chi connectivity index (χ1v) is 15.0. The Morgan fingerprint density at radius 1 is 0.488 bits per heavy atom. The Morgan fingerprint density at radius 2 is 1.00 bits per heavy atom. The van der Waals surface area contributed by atoms with Crippen LogP contribution in [0.5, 0.6) is 0 Å². The van der Waals surface area contributed by atoms with Gasteiger partial charge in [0, 0.05) is 11.1 Å². The second kappa shape index (κ2) is 9.68. The average Bonchev–Trinajstić information content (AvgIpc) is 3.43. The van der Waals surface area contributed by atoms with Crippen molar-refractivity contribution < 1.29 is 0 Å². The average molecular weight is 553 g/mol. The van der Waals surface area contributed by atoms with E-state index in [-0.39, 0.29) is 5.41 Å². The van der Waals surface area contributed by atoms with Crippen LogP contribution in [0, 0.1) is 0 Å². The third-order valence-electron chi connectivity index (χ3n) is 8.60. The van der Waals surface area contributed by atoms with Crippen LogP contribution in [-0.4, -0.2) is 9.55 Å². The van der Waals surface area contributed by atoms with Gasteiger partial charge in [0.2, 0.25) is 0 Å². The molecule has 0 spiro atoms. The van der Waals surface area contributed by atoms with E-state index in [9.17, 15) is 0 Å². The van der Waals surface area contributed by atoms with Crippen molar-refractivity contribution in [3.8, 4) is 27.9 Å². The molecule has 0 aliphatic rings. The van der Waals surface area contributed by atoms with Gasteiger partial charge in [-0.15, -0.1) is 0 Å². The minimum absolute atomic E-state index is 0.115. The Morgan fingerprint density at radius 3 is 1.60 bits per heavy atom. The van der Waals surface area contributed by atoms with E-state index in [4.69, 9.17) is 4.98 Å². The van der Waals surface area contributed by atoms with Gasteiger partial charge in [0.15, 0.2) is 0 Å². The molecule has 43 heavy (non-hydrogen) atoms. The first-order chi connectivity index (χ1) is 21.0. The Bertz CT molecular complexity index is 2260. The first-order valence-electron chi connectivity index (χ1n) is 15.0. The Balaban J connectivity index is 1.42. The van der Waals surface area contributed by atoms with E-state index in [2.05, 4.69) is 165 Å². The molecule has 1 aromatic heterocycles. The zero-order valence-corrected chi connectivity index (χ0v) is 24.7. The summed E-state index contributed by atoms with van der Waals surface area (Å²) in [7, 11) is 0. The van der Waals surface area contributed by atoms with Crippen molar-refractivity contribution in [3.63, 3.8) is 0 Å². The lowest BCUT2D eigenvalue weighted by Crippen LogP contribution is -2.18. The van der Waals surface area contributed by atoms with Crippen LogP contribution in [0.25, 0.3) is 71.3 Å². The summed E-state index contributed by atoms with van der Waals surface area (Å²) >= 11 is 0.